The first kappa shape index (κ1) is 25.4. The normalized spacial score (nSPS) is 25.7. The molecule has 5 N–H and O–H groups in total. The van der Waals surface area contributed by atoms with E-state index in [4.69, 9.17) is 4.98 Å². The van der Waals surface area contributed by atoms with E-state index >= 15 is 0 Å². The number of hydrogen-bond acceptors (Lipinski definition) is 7. The number of carbonyl (C=O) groups excluding carboxylic acids is 1. The number of aliphatic hydroxyl groups is 1. The van der Waals surface area contributed by atoms with E-state index in [0.717, 1.165) is 79.9 Å². The summed E-state index contributed by atoms with van der Waals surface area (Å²) in [4.78, 5) is 20.1. The van der Waals surface area contributed by atoms with Crippen LogP contribution in [0.25, 0.3) is 16.5 Å². The number of carbonyl (C=O) groups is 1. The Balaban J connectivity index is 0.00000141. The van der Waals surface area contributed by atoms with Crippen molar-refractivity contribution in [2.75, 3.05) is 32.8 Å². The second-order valence-corrected chi connectivity index (χ2v) is 9.39. The van der Waals surface area contributed by atoms with Crippen LogP contribution in [0, 0.1) is 5.92 Å². The lowest BCUT2D eigenvalue weighted by Crippen LogP contribution is -2.56. The Morgan fingerprint density at radius 3 is 2.77 bits per heavy atom. The number of benzene rings is 1. The largest absolute Gasteiger partial charge is 0.396 e. The van der Waals surface area contributed by atoms with Crippen LogP contribution >= 0.6 is 0 Å². The highest BCUT2D eigenvalue weighted by Crippen LogP contribution is 2.26. The highest BCUT2D eigenvalue weighted by Gasteiger charge is 2.33. The summed E-state index contributed by atoms with van der Waals surface area (Å²) in [6, 6.07) is 12.5. The molecule has 1 aromatic heterocycles. The minimum absolute atomic E-state index is 0.0239. The van der Waals surface area contributed by atoms with Gasteiger partial charge in [0.05, 0.1) is 17.6 Å². The van der Waals surface area contributed by atoms with Crippen LogP contribution in [0.3, 0.4) is 0 Å². The molecule has 35 heavy (non-hydrogen) atoms. The number of aromatic nitrogens is 1. The molecule has 0 saturated carbocycles. The topological polar surface area (TPSA) is 102 Å². The molecule has 0 aliphatic carbocycles. The van der Waals surface area contributed by atoms with Gasteiger partial charge < -0.3 is 26.4 Å². The predicted octanol–water partition coefficient (Wildman–Crippen LogP) is 2.37. The maximum Gasteiger partial charge on any atom is 0.227 e. The van der Waals surface area contributed by atoms with Crippen molar-refractivity contribution < 1.29 is 9.90 Å². The third kappa shape index (κ3) is 6.31. The van der Waals surface area contributed by atoms with E-state index in [1.807, 2.05) is 38.1 Å². The van der Waals surface area contributed by atoms with Crippen molar-refractivity contribution >= 4 is 22.4 Å². The van der Waals surface area contributed by atoms with E-state index < -0.39 is 0 Å². The summed E-state index contributed by atoms with van der Waals surface area (Å²) in [5.74, 6) is 1.12. The molecule has 2 saturated heterocycles. The average Bonchev–Trinajstić information content (AvgIpc) is 3.14. The molecule has 1 aromatic carbocycles. The summed E-state index contributed by atoms with van der Waals surface area (Å²) in [6.45, 7) is 7.81. The number of hydrogen-bond donors (Lipinski definition) is 5. The molecular formula is C27H40N6O2. The Kier molecular flexibility index (Phi) is 8.95. The Hall–Kier alpha value is -2.68. The Labute approximate surface area is 208 Å². The summed E-state index contributed by atoms with van der Waals surface area (Å²) >= 11 is 0. The van der Waals surface area contributed by atoms with E-state index in [9.17, 15) is 9.90 Å². The number of nitrogens with one attached hydrogen (secondary N) is 4. The Bertz CT molecular complexity index is 1020. The number of fused-ring (bicyclic) bond motifs is 1. The van der Waals surface area contributed by atoms with Gasteiger partial charge in [-0.2, -0.15) is 0 Å². The first-order valence-corrected chi connectivity index (χ1v) is 13.2. The number of amides is 1. The van der Waals surface area contributed by atoms with Crippen molar-refractivity contribution in [1.82, 2.24) is 31.2 Å². The molecule has 190 valence electrons. The van der Waals surface area contributed by atoms with Gasteiger partial charge in [0.1, 0.15) is 5.82 Å². The average molecular weight is 481 g/mol. The van der Waals surface area contributed by atoms with Crippen molar-refractivity contribution in [3.63, 3.8) is 0 Å². The number of pyridine rings is 1. The van der Waals surface area contributed by atoms with Crippen LogP contribution in [-0.2, 0) is 4.79 Å². The molecule has 0 radical (unpaired) electrons. The van der Waals surface area contributed by atoms with Crippen molar-refractivity contribution in [3.05, 3.63) is 47.9 Å². The molecule has 3 aliphatic rings. The van der Waals surface area contributed by atoms with Crippen LogP contribution in [0.4, 0.5) is 0 Å². The van der Waals surface area contributed by atoms with Crippen LogP contribution in [-0.4, -0.2) is 66.0 Å². The molecule has 8 nitrogen and oxygen atoms in total. The Morgan fingerprint density at radius 1 is 1.09 bits per heavy atom. The summed E-state index contributed by atoms with van der Waals surface area (Å²) < 4.78 is 0. The predicted molar refractivity (Wildman–Crippen MR) is 140 cm³/mol. The van der Waals surface area contributed by atoms with Crippen molar-refractivity contribution in [3.8, 4) is 0 Å². The first-order valence-electron chi connectivity index (χ1n) is 13.2. The standard InChI is InChI=1S/C25H34N6O2.C2H6/c32-16-17-10-13-31(15-17)25-29-23(33)14-20(22-8-7-18-4-1-2-6-21(18)28-22)24(30-25)27-19-5-3-11-26-12-9-19;1-2/h1-2,4,6-8,17,19,25-27,30,32H,3,5,9-16H2,(H,29,33);1-2H3. The zero-order valence-corrected chi connectivity index (χ0v) is 21.0. The number of likely N-dealkylation sites (tertiary alicyclic amines) is 1. The third-order valence-corrected chi connectivity index (χ3v) is 6.99. The monoisotopic (exact) mass is 480 g/mol. The fourth-order valence-corrected chi connectivity index (χ4v) is 5.09. The molecule has 0 spiro atoms. The van der Waals surface area contributed by atoms with E-state index in [0.29, 0.717) is 6.04 Å². The van der Waals surface area contributed by atoms with E-state index in [-0.39, 0.29) is 31.1 Å². The lowest BCUT2D eigenvalue weighted by Gasteiger charge is -2.31. The summed E-state index contributed by atoms with van der Waals surface area (Å²) in [5.41, 5.74) is 2.64. The van der Waals surface area contributed by atoms with Crippen LogP contribution < -0.4 is 21.3 Å². The fourth-order valence-electron chi connectivity index (χ4n) is 5.09. The van der Waals surface area contributed by atoms with Gasteiger partial charge in [-0.05, 0) is 56.8 Å². The Morgan fingerprint density at radius 2 is 1.94 bits per heavy atom. The zero-order chi connectivity index (χ0) is 24.6. The highest BCUT2D eigenvalue weighted by molar-refractivity contribution is 5.91. The number of rotatable bonds is 5. The molecule has 8 heteroatoms. The summed E-state index contributed by atoms with van der Waals surface area (Å²) in [6.07, 6.45) is 4.13. The lowest BCUT2D eigenvalue weighted by molar-refractivity contribution is -0.122. The van der Waals surface area contributed by atoms with Gasteiger partial charge in [0.2, 0.25) is 5.91 Å². The van der Waals surface area contributed by atoms with Crippen molar-refractivity contribution in [2.24, 2.45) is 5.92 Å². The van der Waals surface area contributed by atoms with Gasteiger partial charge in [-0.15, -0.1) is 0 Å². The molecule has 4 heterocycles. The smallest absolute Gasteiger partial charge is 0.227 e. The number of nitrogens with zero attached hydrogens (tertiary/aromatic N) is 2. The first-order chi connectivity index (χ1) is 17.2. The van der Waals surface area contributed by atoms with Crippen LogP contribution in [0.15, 0.2) is 42.2 Å². The third-order valence-electron chi connectivity index (χ3n) is 6.99. The van der Waals surface area contributed by atoms with Crippen LogP contribution in [0.5, 0.6) is 0 Å². The van der Waals surface area contributed by atoms with Gasteiger partial charge >= 0.3 is 0 Å². The van der Waals surface area contributed by atoms with E-state index in [1.54, 1.807) is 0 Å². The summed E-state index contributed by atoms with van der Waals surface area (Å²) in [7, 11) is 0. The quantitative estimate of drug-likeness (QED) is 0.448. The van der Waals surface area contributed by atoms with Gasteiger partial charge in [0.15, 0.2) is 6.29 Å². The van der Waals surface area contributed by atoms with E-state index in [2.05, 4.69) is 38.3 Å². The van der Waals surface area contributed by atoms with E-state index in [1.165, 1.54) is 0 Å². The molecule has 3 unspecified atom stereocenters. The fraction of sp³-hybridized carbons (Fsp3) is 0.556. The molecule has 3 aliphatic heterocycles. The number of para-hydroxylation sites is 1. The maximum atomic E-state index is 13.0. The van der Waals surface area contributed by atoms with Crippen LogP contribution in [0.1, 0.15) is 51.6 Å². The van der Waals surface area contributed by atoms with Gasteiger partial charge in [-0.25, -0.2) is 4.98 Å². The second-order valence-electron chi connectivity index (χ2n) is 9.39. The SMILES string of the molecule is CC.O=C1CC(c2ccc3ccccc3n2)=C(NC2CCCNCC2)NC(N2CCC(CO)C2)N1. The zero-order valence-electron chi connectivity index (χ0n) is 21.0. The summed E-state index contributed by atoms with van der Waals surface area (Å²) in [5, 5.41) is 24.7. The van der Waals surface area contributed by atoms with Gasteiger partial charge in [-0.1, -0.05) is 38.1 Å². The molecule has 2 fully saturated rings. The molecular weight excluding hydrogens is 440 g/mol. The maximum absolute atomic E-state index is 13.0. The minimum atomic E-state index is -0.307. The van der Waals surface area contributed by atoms with Gasteiger partial charge in [-0.3, -0.25) is 9.69 Å². The lowest BCUT2D eigenvalue weighted by atomic mass is 10.0. The van der Waals surface area contributed by atoms with Crippen molar-refractivity contribution in [2.45, 2.75) is 58.3 Å². The number of aliphatic hydroxyl groups excluding tert-OH is 1. The molecule has 3 atom stereocenters. The van der Waals surface area contributed by atoms with Crippen molar-refractivity contribution in [1.29, 1.82) is 0 Å². The highest BCUT2D eigenvalue weighted by atomic mass is 16.3. The molecule has 0 bridgehead atoms. The molecule has 1 amide bonds. The molecule has 2 aromatic rings. The molecule has 5 rings (SSSR count). The van der Waals surface area contributed by atoms with Crippen LogP contribution in [0.2, 0.25) is 0 Å². The second kappa shape index (κ2) is 12.3. The van der Waals surface area contributed by atoms with Gasteiger partial charge in [0.25, 0.3) is 0 Å². The minimum Gasteiger partial charge on any atom is -0.396 e. The van der Waals surface area contributed by atoms with Gasteiger partial charge in [0, 0.05) is 36.7 Å².